The molecule has 3 heterocycles. The van der Waals surface area contributed by atoms with Gasteiger partial charge >= 0.3 is 6.03 Å². The van der Waals surface area contributed by atoms with Crippen LogP contribution in [0.3, 0.4) is 0 Å². The van der Waals surface area contributed by atoms with Crippen LogP contribution in [-0.4, -0.2) is 72.4 Å². The molecule has 2 amide bonds. The monoisotopic (exact) mass is 334 g/mol. The molecule has 0 radical (unpaired) electrons. The molecule has 24 heavy (non-hydrogen) atoms. The number of fused-ring (bicyclic) bond motifs is 1. The average Bonchev–Trinajstić information content (AvgIpc) is 2.95. The van der Waals surface area contributed by atoms with E-state index in [0.29, 0.717) is 24.7 Å². The number of hydrogen-bond acceptors (Lipinski definition) is 5. The van der Waals surface area contributed by atoms with Crippen LogP contribution in [0, 0.1) is 6.92 Å². The first-order valence-electron chi connectivity index (χ1n) is 8.45. The van der Waals surface area contributed by atoms with E-state index in [4.69, 9.17) is 9.47 Å². The van der Waals surface area contributed by atoms with Crippen LogP contribution in [0.15, 0.2) is 12.3 Å². The lowest BCUT2D eigenvalue weighted by molar-refractivity contribution is -0.0367. The average molecular weight is 334 g/mol. The molecule has 2 saturated heterocycles. The van der Waals surface area contributed by atoms with E-state index in [1.165, 1.54) is 0 Å². The zero-order valence-electron chi connectivity index (χ0n) is 14.8. The highest BCUT2D eigenvalue weighted by atomic mass is 16.5. The van der Waals surface area contributed by atoms with Crippen LogP contribution in [0.4, 0.5) is 10.5 Å². The summed E-state index contributed by atoms with van der Waals surface area (Å²) in [5.74, 6) is 0.453. The molecule has 1 aromatic heterocycles. The number of nitrogens with one attached hydrogen (secondary N) is 1. The van der Waals surface area contributed by atoms with E-state index in [1.54, 1.807) is 11.1 Å². The summed E-state index contributed by atoms with van der Waals surface area (Å²) in [6, 6.07) is 2.02. The number of carbonyl (C=O) groups excluding carboxylic acids is 1. The van der Waals surface area contributed by atoms with Gasteiger partial charge in [-0.05, 0) is 39.4 Å². The molecule has 7 nitrogen and oxygen atoms in total. The summed E-state index contributed by atoms with van der Waals surface area (Å²) in [5.41, 5.74) is 1.58. The first-order valence-corrected chi connectivity index (χ1v) is 8.45. The highest BCUT2D eigenvalue weighted by Gasteiger charge is 2.40. The predicted molar refractivity (Wildman–Crippen MR) is 91.5 cm³/mol. The number of likely N-dealkylation sites (tertiary alicyclic amines) is 1. The highest BCUT2D eigenvalue weighted by Crippen LogP contribution is 2.26. The van der Waals surface area contributed by atoms with Gasteiger partial charge in [-0.1, -0.05) is 0 Å². The van der Waals surface area contributed by atoms with Gasteiger partial charge in [0.25, 0.3) is 0 Å². The predicted octanol–water partition coefficient (Wildman–Crippen LogP) is 1.72. The molecule has 2 atom stereocenters. The Balaban J connectivity index is 1.70. The Morgan fingerprint density at radius 3 is 2.96 bits per heavy atom. The van der Waals surface area contributed by atoms with E-state index in [9.17, 15) is 4.79 Å². The second-order valence-corrected chi connectivity index (χ2v) is 6.82. The van der Waals surface area contributed by atoms with Crippen molar-refractivity contribution < 1.29 is 14.3 Å². The summed E-state index contributed by atoms with van der Waals surface area (Å²) in [4.78, 5) is 21.0. The number of nitrogens with zero attached hydrogens (tertiary/aromatic N) is 3. The summed E-state index contributed by atoms with van der Waals surface area (Å²) in [6.45, 7) is 8.73. The maximum atomic E-state index is 12.7. The molecule has 3 rings (SSSR count). The van der Waals surface area contributed by atoms with Gasteiger partial charge in [-0.2, -0.15) is 0 Å². The van der Waals surface area contributed by atoms with Gasteiger partial charge in [0.2, 0.25) is 5.88 Å². The summed E-state index contributed by atoms with van der Waals surface area (Å²) in [5, 5.41) is 2.95. The minimum atomic E-state index is -0.137. The number of ether oxygens (including phenoxy) is 2. The molecule has 2 aliphatic rings. The Kier molecular flexibility index (Phi) is 4.91. The van der Waals surface area contributed by atoms with Crippen molar-refractivity contribution in [1.29, 1.82) is 0 Å². The maximum absolute atomic E-state index is 12.7. The van der Waals surface area contributed by atoms with E-state index in [2.05, 4.69) is 22.2 Å². The molecule has 7 heteroatoms. The molecule has 0 aliphatic carbocycles. The maximum Gasteiger partial charge on any atom is 0.322 e. The summed E-state index contributed by atoms with van der Waals surface area (Å²) in [7, 11) is 2.08. The fraction of sp³-hybridized carbons (Fsp3) is 0.647. The number of urea groups is 1. The molecule has 0 aromatic carbocycles. The number of carbonyl (C=O) groups is 1. The van der Waals surface area contributed by atoms with Crippen LogP contribution >= 0.6 is 0 Å². The van der Waals surface area contributed by atoms with Gasteiger partial charge in [-0.25, -0.2) is 9.78 Å². The van der Waals surface area contributed by atoms with Crippen LogP contribution in [0.5, 0.6) is 5.88 Å². The second kappa shape index (κ2) is 6.94. The van der Waals surface area contributed by atoms with Crippen LogP contribution in [0.25, 0.3) is 0 Å². The van der Waals surface area contributed by atoms with E-state index < -0.39 is 0 Å². The number of hydrogen-bond donors (Lipinski definition) is 1. The Morgan fingerprint density at radius 2 is 2.25 bits per heavy atom. The topological polar surface area (TPSA) is 66.9 Å². The minimum Gasteiger partial charge on any atom is -0.473 e. The van der Waals surface area contributed by atoms with E-state index in [-0.39, 0.29) is 24.3 Å². The van der Waals surface area contributed by atoms with Crippen LogP contribution in [0.1, 0.15) is 19.4 Å². The first kappa shape index (κ1) is 17.0. The van der Waals surface area contributed by atoms with Gasteiger partial charge in [-0.15, -0.1) is 0 Å². The second-order valence-electron chi connectivity index (χ2n) is 6.82. The number of rotatable bonds is 3. The van der Waals surface area contributed by atoms with Crippen molar-refractivity contribution in [3.8, 4) is 5.88 Å². The van der Waals surface area contributed by atoms with Gasteiger partial charge in [0, 0.05) is 19.3 Å². The van der Waals surface area contributed by atoms with Crippen molar-refractivity contribution in [3.63, 3.8) is 0 Å². The third kappa shape index (κ3) is 3.62. The normalized spacial score (nSPS) is 24.1. The van der Waals surface area contributed by atoms with Crippen molar-refractivity contribution in [3.05, 3.63) is 17.8 Å². The fourth-order valence-corrected chi connectivity index (χ4v) is 3.18. The van der Waals surface area contributed by atoms with E-state index in [1.807, 2.05) is 26.8 Å². The number of anilines is 1. The van der Waals surface area contributed by atoms with Gasteiger partial charge in [0.15, 0.2) is 0 Å². The number of aromatic nitrogens is 1. The zero-order chi connectivity index (χ0) is 17.3. The molecule has 2 aliphatic heterocycles. The molecule has 2 fully saturated rings. The number of likely N-dealkylation sites (N-methyl/N-ethyl adjacent to an activating group) is 1. The van der Waals surface area contributed by atoms with Gasteiger partial charge in [-0.3, -0.25) is 4.90 Å². The Morgan fingerprint density at radius 1 is 1.46 bits per heavy atom. The van der Waals surface area contributed by atoms with Gasteiger partial charge < -0.3 is 19.7 Å². The number of morpholine rings is 1. The van der Waals surface area contributed by atoms with Crippen molar-refractivity contribution in [2.24, 2.45) is 0 Å². The summed E-state index contributed by atoms with van der Waals surface area (Å²) >= 11 is 0. The molecule has 0 bridgehead atoms. The lowest BCUT2D eigenvalue weighted by atomic mass is 10.1. The van der Waals surface area contributed by atoms with Gasteiger partial charge in [0.05, 0.1) is 31.4 Å². The van der Waals surface area contributed by atoms with Crippen LogP contribution < -0.4 is 10.1 Å². The smallest absolute Gasteiger partial charge is 0.322 e. The first-order chi connectivity index (χ1) is 11.4. The highest BCUT2D eigenvalue weighted by molar-refractivity contribution is 5.91. The van der Waals surface area contributed by atoms with Crippen molar-refractivity contribution >= 4 is 11.7 Å². The summed E-state index contributed by atoms with van der Waals surface area (Å²) in [6.07, 6.45) is 1.82. The Bertz CT molecular complexity index is 607. The van der Waals surface area contributed by atoms with E-state index >= 15 is 0 Å². The molecular weight excluding hydrogens is 308 g/mol. The molecule has 132 valence electrons. The molecule has 0 spiro atoms. The molecule has 1 N–H and O–H groups in total. The largest absolute Gasteiger partial charge is 0.473 e. The van der Waals surface area contributed by atoms with Crippen molar-refractivity contribution in [2.45, 2.75) is 39.0 Å². The van der Waals surface area contributed by atoms with Gasteiger partial charge in [0.1, 0.15) is 5.69 Å². The van der Waals surface area contributed by atoms with Crippen molar-refractivity contribution in [2.75, 3.05) is 38.6 Å². The minimum absolute atomic E-state index is 0.00689. The number of aryl methyl sites for hydroxylation is 1. The standard InChI is InChI=1S/C17H26N4O3/c1-11(2)24-16-13(7-12(3)8-18-16)19-17(22)21-9-14-15(10-21)23-6-5-20(14)4/h7-8,11,14-15H,5-6,9-10H2,1-4H3,(H,19,22)/t14-,15+/m1/s1. The summed E-state index contributed by atoms with van der Waals surface area (Å²) < 4.78 is 11.5. The fourth-order valence-electron chi connectivity index (χ4n) is 3.18. The van der Waals surface area contributed by atoms with E-state index in [0.717, 1.165) is 18.7 Å². The quantitative estimate of drug-likeness (QED) is 0.912. The molecular formula is C17H26N4O3. The molecule has 0 saturated carbocycles. The third-order valence-corrected chi connectivity index (χ3v) is 4.44. The number of pyridine rings is 1. The lowest BCUT2D eigenvalue weighted by Gasteiger charge is -2.33. The van der Waals surface area contributed by atoms with Crippen LogP contribution in [0.2, 0.25) is 0 Å². The SMILES string of the molecule is Cc1cnc(OC(C)C)c(NC(=O)N2C[C@@H]3OCCN(C)[C@@H]3C2)c1. The Labute approximate surface area is 142 Å². The Hall–Kier alpha value is -1.86. The number of amides is 2. The zero-order valence-corrected chi connectivity index (χ0v) is 14.8. The molecule has 1 aromatic rings. The van der Waals surface area contributed by atoms with Crippen molar-refractivity contribution in [1.82, 2.24) is 14.8 Å². The molecule has 0 unspecified atom stereocenters. The third-order valence-electron chi connectivity index (χ3n) is 4.44. The lowest BCUT2D eigenvalue weighted by Crippen LogP contribution is -2.48. The van der Waals surface area contributed by atoms with Crippen LogP contribution in [-0.2, 0) is 4.74 Å².